The summed E-state index contributed by atoms with van der Waals surface area (Å²) in [6.07, 6.45) is 7.79. The van der Waals surface area contributed by atoms with Gasteiger partial charge in [0.05, 0.1) is 4.90 Å². The summed E-state index contributed by atoms with van der Waals surface area (Å²) < 4.78 is 16.5. The van der Waals surface area contributed by atoms with Crippen LogP contribution in [0, 0.1) is 6.92 Å². The van der Waals surface area contributed by atoms with E-state index in [1.54, 1.807) is 12.1 Å². The Morgan fingerprint density at radius 3 is 2.28 bits per heavy atom. The topological polar surface area (TPSA) is 41.8 Å². The summed E-state index contributed by atoms with van der Waals surface area (Å²) in [7, 11) is -1.55. The molecule has 146 valence electrons. The van der Waals surface area contributed by atoms with Crippen molar-refractivity contribution in [1.82, 2.24) is 0 Å². The predicted octanol–water partition coefficient (Wildman–Crippen LogP) is 7.13. The minimum atomic E-state index is -1.55. The molecule has 0 aliphatic rings. The summed E-state index contributed by atoms with van der Waals surface area (Å²) >= 11 is 6.00. The first kappa shape index (κ1) is 20.9. The maximum absolute atomic E-state index is 12.5. The van der Waals surface area contributed by atoms with E-state index in [0.717, 1.165) is 16.7 Å². The van der Waals surface area contributed by atoms with Gasteiger partial charge in [0.1, 0.15) is 6.04 Å². The Morgan fingerprint density at radius 1 is 0.897 bits per heavy atom. The Hall–Kier alpha value is -2.82. The van der Waals surface area contributed by atoms with Crippen LogP contribution in [0.3, 0.4) is 0 Å². The lowest BCUT2D eigenvalue weighted by molar-refractivity contribution is 0.680. The number of hydrogen-bond donors (Lipinski definition) is 0. The molecule has 29 heavy (non-hydrogen) atoms. The van der Waals surface area contributed by atoms with Gasteiger partial charge in [0, 0.05) is 5.02 Å². The van der Waals surface area contributed by atoms with Gasteiger partial charge < -0.3 is 0 Å². The van der Waals surface area contributed by atoms with Crippen LogP contribution in [0.25, 0.3) is 6.08 Å². The second kappa shape index (κ2) is 10.6. The van der Waals surface area contributed by atoms with E-state index in [-0.39, 0.29) is 6.04 Å². The zero-order chi connectivity index (χ0) is 20.5. The smallest absolute Gasteiger partial charge is 0.191 e. The third-order valence-corrected chi connectivity index (χ3v) is 5.34. The lowest BCUT2D eigenvalue weighted by atomic mass is 10.1. The van der Waals surface area contributed by atoms with Crippen molar-refractivity contribution in [3.05, 3.63) is 119 Å². The molecule has 0 heterocycles. The van der Waals surface area contributed by atoms with Crippen LogP contribution >= 0.6 is 11.6 Å². The highest BCUT2D eigenvalue weighted by molar-refractivity contribution is 7.83. The summed E-state index contributed by atoms with van der Waals surface area (Å²) in [5.41, 5.74) is 3.14. The van der Waals surface area contributed by atoms with Crippen molar-refractivity contribution in [2.24, 2.45) is 9.63 Å². The Bertz CT molecular complexity index is 1030. The van der Waals surface area contributed by atoms with Crippen LogP contribution in [0.5, 0.6) is 0 Å². The van der Waals surface area contributed by atoms with Crippen LogP contribution in [-0.4, -0.2) is 4.21 Å². The maximum atomic E-state index is 12.5. The fraction of sp³-hybridized carbons (Fsp3) is 0.0833. The minimum Gasteiger partial charge on any atom is -0.228 e. The van der Waals surface area contributed by atoms with E-state index < -0.39 is 11.0 Å². The molecule has 0 aliphatic carbocycles. The Kier molecular flexibility index (Phi) is 7.68. The van der Waals surface area contributed by atoms with Crippen LogP contribution in [0.15, 0.2) is 112 Å². The summed E-state index contributed by atoms with van der Waals surface area (Å²) in [4.78, 5) is 0.627. The normalized spacial score (nSPS) is 14.0. The predicted molar refractivity (Wildman–Crippen MR) is 121 cm³/mol. The molecule has 0 saturated heterocycles. The van der Waals surface area contributed by atoms with Crippen molar-refractivity contribution in [3.8, 4) is 0 Å². The first-order valence-electron chi connectivity index (χ1n) is 9.16. The molecular weight excluding hydrogens is 400 g/mol. The zero-order valence-electron chi connectivity index (χ0n) is 16.0. The average molecular weight is 421 g/mol. The maximum Gasteiger partial charge on any atom is 0.191 e. The van der Waals surface area contributed by atoms with Crippen LogP contribution in [-0.2, 0) is 11.0 Å². The Balaban J connectivity index is 1.78. The van der Waals surface area contributed by atoms with Crippen molar-refractivity contribution in [3.63, 3.8) is 0 Å². The highest BCUT2D eigenvalue weighted by atomic mass is 35.5. The number of allylic oxidation sites excluding steroid dienone is 2. The van der Waals surface area contributed by atoms with Crippen molar-refractivity contribution < 1.29 is 4.21 Å². The van der Waals surface area contributed by atoms with Crippen LogP contribution in [0.4, 0.5) is 0 Å². The first-order chi connectivity index (χ1) is 14.1. The molecule has 0 aliphatic heterocycles. The van der Waals surface area contributed by atoms with Gasteiger partial charge in [-0.05, 0) is 42.3 Å². The molecule has 0 amide bonds. The number of rotatable bonds is 7. The van der Waals surface area contributed by atoms with Crippen molar-refractivity contribution in [2.75, 3.05) is 0 Å². The van der Waals surface area contributed by atoms with Crippen molar-refractivity contribution in [2.45, 2.75) is 17.9 Å². The van der Waals surface area contributed by atoms with Crippen LogP contribution in [0.1, 0.15) is 22.7 Å². The Labute approximate surface area is 179 Å². The second-order valence-electron chi connectivity index (χ2n) is 6.41. The monoisotopic (exact) mass is 420 g/mol. The van der Waals surface area contributed by atoms with E-state index in [1.165, 1.54) is 0 Å². The molecule has 2 unspecified atom stereocenters. The molecule has 0 saturated carbocycles. The fourth-order valence-electron chi connectivity index (χ4n) is 2.57. The molecule has 3 aromatic rings. The fourth-order valence-corrected chi connectivity index (χ4v) is 3.35. The highest BCUT2D eigenvalue weighted by Gasteiger charge is 2.08. The van der Waals surface area contributed by atoms with E-state index in [9.17, 15) is 4.21 Å². The number of halogens is 1. The van der Waals surface area contributed by atoms with Crippen molar-refractivity contribution in [1.29, 1.82) is 0 Å². The lowest BCUT2D eigenvalue weighted by Crippen LogP contribution is -1.92. The SMILES string of the molecule is Cc1ccc(S(=O)N=NC(/C=C/C=C/c2ccccc2)c2ccc(Cl)cc2)cc1. The van der Waals surface area contributed by atoms with Gasteiger partial charge in [0.15, 0.2) is 11.0 Å². The molecule has 0 bridgehead atoms. The van der Waals surface area contributed by atoms with Gasteiger partial charge in [-0.25, -0.2) is 4.21 Å². The number of benzene rings is 3. The summed E-state index contributed by atoms with van der Waals surface area (Å²) in [6, 6.07) is 24.5. The van der Waals surface area contributed by atoms with Gasteiger partial charge in [-0.1, -0.05) is 101 Å². The number of nitrogens with zero attached hydrogens (tertiary/aromatic N) is 2. The Morgan fingerprint density at radius 2 is 1.59 bits per heavy atom. The lowest BCUT2D eigenvalue weighted by Gasteiger charge is -2.06. The van der Waals surface area contributed by atoms with E-state index >= 15 is 0 Å². The van der Waals surface area contributed by atoms with E-state index in [2.05, 4.69) is 9.63 Å². The molecule has 0 radical (unpaired) electrons. The van der Waals surface area contributed by atoms with E-state index in [4.69, 9.17) is 11.6 Å². The largest absolute Gasteiger partial charge is 0.228 e. The molecule has 0 spiro atoms. The van der Waals surface area contributed by atoms with Crippen LogP contribution in [0.2, 0.25) is 5.02 Å². The van der Waals surface area contributed by atoms with Gasteiger partial charge in [-0.2, -0.15) is 5.11 Å². The average Bonchev–Trinajstić information content (AvgIpc) is 2.75. The third kappa shape index (κ3) is 6.63. The molecule has 3 aromatic carbocycles. The van der Waals surface area contributed by atoms with Gasteiger partial charge in [-0.15, -0.1) is 0 Å². The standard InChI is InChI=1S/C24H21ClN2OS/c1-19-11-17-23(18-12-19)29(28)27-26-24(21-13-15-22(25)16-14-21)10-6-5-9-20-7-3-2-4-8-20/h2-18,24H,1H3/b9-5+,10-6+,27-26?. The molecule has 0 aromatic heterocycles. The van der Waals surface area contributed by atoms with Crippen LogP contribution < -0.4 is 0 Å². The molecular formula is C24H21ClN2OS. The molecule has 5 heteroatoms. The van der Waals surface area contributed by atoms with E-state index in [0.29, 0.717) is 9.92 Å². The summed E-state index contributed by atoms with van der Waals surface area (Å²) in [5.74, 6) is 0. The molecule has 0 N–H and O–H groups in total. The first-order valence-corrected chi connectivity index (χ1v) is 10.6. The molecule has 3 rings (SSSR count). The summed E-state index contributed by atoms with van der Waals surface area (Å²) in [5, 5.41) is 4.98. The number of aryl methyl sites for hydroxylation is 1. The molecule has 0 fully saturated rings. The van der Waals surface area contributed by atoms with Gasteiger partial charge >= 0.3 is 0 Å². The van der Waals surface area contributed by atoms with E-state index in [1.807, 2.05) is 98.0 Å². The number of hydrogen-bond acceptors (Lipinski definition) is 2. The summed E-state index contributed by atoms with van der Waals surface area (Å²) in [6.45, 7) is 1.98. The minimum absolute atomic E-state index is 0.359. The second-order valence-corrected chi connectivity index (χ2v) is 7.98. The molecule has 3 nitrogen and oxygen atoms in total. The van der Waals surface area contributed by atoms with Crippen molar-refractivity contribution >= 4 is 28.7 Å². The van der Waals surface area contributed by atoms with Gasteiger partial charge in [0.2, 0.25) is 0 Å². The highest BCUT2D eigenvalue weighted by Crippen LogP contribution is 2.23. The quantitative estimate of drug-likeness (QED) is 0.296. The van der Waals surface area contributed by atoms with Gasteiger partial charge in [0.25, 0.3) is 0 Å². The van der Waals surface area contributed by atoms with Gasteiger partial charge in [-0.3, -0.25) is 0 Å². The third-order valence-electron chi connectivity index (χ3n) is 4.17. The molecule has 2 atom stereocenters. The zero-order valence-corrected chi connectivity index (χ0v) is 17.6.